The van der Waals surface area contributed by atoms with Crippen LogP contribution in [-0.2, 0) is 9.59 Å². The molecule has 0 bridgehead atoms. The van der Waals surface area contributed by atoms with E-state index in [1.54, 1.807) is 0 Å². The molecule has 0 saturated heterocycles. The molecule has 0 unspecified atom stereocenters. The van der Waals surface area contributed by atoms with Crippen molar-refractivity contribution in [2.45, 2.75) is 0 Å². The Hall–Kier alpha value is -1.18. The summed E-state index contributed by atoms with van der Waals surface area (Å²) in [7, 11) is 0. The molecule has 0 saturated carbocycles. The van der Waals surface area contributed by atoms with E-state index in [0.717, 1.165) is 0 Å². The Bertz CT molecular complexity index is 126. The minimum atomic E-state index is -1.07. The summed E-state index contributed by atoms with van der Waals surface area (Å²) in [6.07, 6.45) is 0. The number of amides is 1. The highest BCUT2D eigenvalue weighted by atomic mass is 16.4. The second-order valence-corrected chi connectivity index (χ2v) is 1.37. The summed E-state index contributed by atoms with van der Waals surface area (Å²) in [5, 5.41) is 10.1. The second-order valence-electron chi connectivity index (χ2n) is 1.37. The van der Waals surface area contributed by atoms with Crippen molar-refractivity contribution in [2.24, 2.45) is 5.73 Å². The first-order valence-electron chi connectivity index (χ1n) is 2.35. The molecule has 7 nitrogen and oxygen atoms in total. The van der Waals surface area contributed by atoms with Gasteiger partial charge in [0.1, 0.15) is 6.54 Å². The molecule has 0 heterocycles. The zero-order chi connectivity index (χ0) is 7.28. The van der Waals surface area contributed by atoms with Crippen LogP contribution in [0.5, 0.6) is 0 Å². The lowest BCUT2D eigenvalue weighted by Gasteiger charge is -1.95. The molecule has 7 heteroatoms. The smallest absolute Gasteiger partial charge is 0.322 e. The van der Waals surface area contributed by atoms with Gasteiger partial charge in [-0.25, -0.2) is 0 Å². The molecule has 1 amide bonds. The van der Waals surface area contributed by atoms with Crippen LogP contribution in [0.2, 0.25) is 0 Å². The van der Waals surface area contributed by atoms with Gasteiger partial charge in [0.25, 0.3) is 0 Å². The lowest BCUT2D eigenvalue weighted by atomic mass is 10.5. The maximum absolute atomic E-state index is 10.2. The molecule has 0 fully saturated rings. The fraction of sp³-hybridized carbons (Fsp3) is 0.500. The molecular formula is C4H12N2O5. The van der Waals surface area contributed by atoms with E-state index in [9.17, 15) is 9.59 Å². The first-order chi connectivity index (χ1) is 4.16. The number of carboxylic acid groups (broad SMARTS) is 1. The Labute approximate surface area is 62.8 Å². The third-order valence-corrected chi connectivity index (χ3v) is 0.622. The molecule has 0 aliphatic rings. The number of rotatable bonds is 3. The Morgan fingerprint density at radius 3 is 2.09 bits per heavy atom. The van der Waals surface area contributed by atoms with Crippen LogP contribution in [0.4, 0.5) is 0 Å². The summed E-state index contributed by atoms with van der Waals surface area (Å²) in [5.41, 5.74) is 4.85. The number of hydrogen-bond donors (Lipinski definition) is 3. The Balaban J connectivity index is -0.000000320. The number of aliphatic carboxylic acids is 1. The largest absolute Gasteiger partial charge is 0.480 e. The maximum atomic E-state index is 10.2. The van der Waals surface area contributed by atoms with E-state index in [-0.39, 0.29) is 24.0 Å². The van der Waals surface area contributed by atoms with Crippen LogP contribution >= 0.6 is 0 Å². The van der Waals surface area contributed by atoms with Gasteiger partial charge in [0, 0.05) is 0 Å². The van der Waals surface area contributed by atoms with Crippen LogP contribution in [0.25, 0.3) is 0 Å². The first kappa shape index (κ1) is 16.4. The third kappa shape index (κ3) is 12.1. The fourth-order valence-corrected chi connectivity index (χ4v) is 0.246. The van der Waals surface area contributed by atoms with Crippen LogP contribution in [0, 0.1) is 0 Å². The van der Waals surface area contributed by atoms with Gasteiger partial charge in [-0.3, -0.25) is 9.59 Å². The van der Waals surface area contributed by atoms with Crippen molar-refractivity contribution in [3.8, 4) is 0 Å². The zero-order valence-electron chi connectivity index (χ0n) is 5.76. The van der Waals surface area contributed by atoms with Gasteiger partial charge in [0.2, 0.25) is 5.91 Å². The average Bonchev–Trinajstić information content (AvgIpc) is 1.83. The Kier molecular flexibility index (Phi) is 13.2. The second kappa shape index (κ2) is 8.82. The van der Waals surface area contributed by atoms with Crippen LogP contribution in [0.3, 0.4) is 0 Å². The lowest BCUT2D eigenvalue weighted by molar-refractivity contribution is -0.137. The highest BCUT2D eigenvalue weighted by Gasteiger charge is 1.98. The van der Waals surface area contributed by atoms with Gasteiger partial charge in [-0.05, 0) is 0 Å². The number of nitrogens with two attached hydrogens (primary N) is 1. The minimum absolute atomic E-state index is 0. The summed E-state index contributed by atoms with van der Waals surface area (Å²) >= 11 is 0. The van der Waals surface area contributed by atoms with E-state index in [0.29, 0.717) is 0 Å². The molecule has 0 aliphatic carbocycles. The van der Waals surface area contributed by atoms with E-state index >= 15 is 0 Å². The molecular weight excluding hydrogens is 156 g/mol. The standard InChI is InChI=1S/C4H8N2O3.2H2O/c5-1-3(7)6-2-4(8)9;;/h1-2,5H2,(H,6,7)(H,8,9);2*1H2. The molecule has 0 atom stereocenters. The van der Waals surface area contributed by atoms with Gasteiger partial charge in [0.05, 0.1) is 6.54 Å². The normalized spacial score (nSPS) is 7.00. The Morgan fingerprint density at radius 2 is 1.82 bits per heavy atom. The van der Waals surface area contributed by atoms with E-state index in [1.807, 2.05) is 0 Å². The van der Waals surface area contributed by atoms with Crippen molar-refractivity contribution in [1.82, 2.24) is 5.32 Å². The topological polar surface area (TPSA) is 155 Å². The van der Waals surface area contributed by atoms with E-state index < -0.39 is 11.9 Å². The van der Waals surface area contributed by atoms with Gasteiger partial charge in [-0.2, -0.15) is 0 Å². The molecule has 8 N–H and O–H groups in total. The van der Waals surface area contributed by atoms with Crippen LogP contribution in [0.1, 0.15) is 0 Å². The summed E-state index contributed by atoms with van der Waals surface area (Å²) in [6.45, 7) is -0.538. The van der Waals surface area contributed by atoms with Gasteiger partial charge >= 0.3 is 5.97 Å². The average molecular weight is 168 g/mol. The molecule has 0 radical (unpaired) electrons. The van der Waals surface area contributed by atoms with Crippen molar-refractivity contribution in [2.75, 3.05) is 13.1 Å². The van der Waals surface area contributed by atoms with Gasteiger partial charge in [-0.15, -0.1) is 0 Å². The third-order valence-electron chi connectivity index (χ3n) is 0.622. The van der Waals surface area contributed by atoms with Crippen LogP contribution < -0.4 is 11.1 Å². The minimum Gasteiger partial charge on any atom is -0.480 e. The maximum Gasteiger partial charge on any atom is 0.322 e. The fourth-order valence-electron chi connectivity index (χ4n) is 0.246. The van der Waals surface area contributed by atoms with E-state index in [4.69, 9.17) is 10.8 Å². The SMILES string of the molecule is NCC(=O)NCC(=O)O.O.O. The van der Waals surface area contributed by atoms with Crippen LogP contribution in [0.15, 0.2) is 0 Å². The van der Waals surface area contributed by atoms with Gasteiger partial charge < -0.3 is 27.1 Å². The monoisotopic (exact) mass is 168 g/mol. The summed E-state index contributed by atoms with van der Waals surface area (Å²) in [6, 6.07) is 0. The number of carbonyl (C=O) groups is 2. The zero-order valence-corrected chi connectivity index (χ0v) is 5.76. The van der Waals surface area contributed by atoms with Crippen molar-refractivity contribution < 1.29 is 25.6 Å². The van der Waals surface area contributed by atoms with Crippen molar-refractivity contribution >= 4 is 11.9 Å². The summed E-state index contributed by atoms with van der Waals surface area (Å²) in [4.78, 5) is 20.0. The molecule has 0 aromatic rings. The number of hydrogen-bond acceptors (Lipinski definition) is 3. The summed E-state index contributed by atoms with van der Waals surface area (Å²) < 4.78 is 0. The molecule has 11 heavy (non-hydrogen) atoms. The predicted octanol–water partition coefficient (Wildman–Crippen LogP) is -3.50. The van der Waals surface area contributed by atoms with E-state index in [1.165, 1.54) is 0 Å². The quantitative estimate of drug-likeness (QED) is 0.399. The van der Waals surface area contributed by atoms with Gasteiger partial charge in [0.15, 0.2) is 0 Å². The number of carboxylic acids is 1. The van der Waals surface area contributed by atoms with Crippen molar-refractivity contribution in [3.63, 3.8) is 0 Å². The molecule has 0 aromatic carbocycles. The predicted molar refractivity (Wildman–Crippen MR) is 36.9 cm³/mol. The molecule has 68 valence electrons. The van der Waals surface area contributed by atoms with Gasteiger partial charge in [-0.1, -0.05) is 0 Å². The van der Waals surface area contributed by atoms with Crippen LogP contribution in [-0.4, -0.2) is 41.0 Å². The van der Waals surface area contributed by atoms with E-state index in [2.05, 4.69) is 5.32 Å². The molecule has 0 aromatic heterocycles. The highest BCUT2D eigenvalue weighted by Crippen LogP contribution is 1.60. The molecule has 0 rings (SSSR count). The number of carbonyl (C=O) groups excluding carboxylic acids is 1. The highest BCUT2D eigenvalue weighted by molar-refractivity contribution is 5.82. The van der Waals surface area contributed by atoms with Crippen molar-refractivity contribution in [1.29, 1.82) is 0 Å². The first-order valence-corrected chi connectivity index (χ1v) is 2.35. The molecule has 0 spiro atoms. The van der Waals surface area contributed by atoms with Crippen molar-refractivity contribution in [3.05, 3.63) is 0 Å². The Morgan fingerprint density at radius 1 is 1.36 bits per heavy atom. The lowest BCUT2D eigenvalue weighted by Crippen LogP contribution is -2.34. The number of nitrogens with one attached hydrogen (secondary N) is 1. The summed E-state index contributed by atoms with van der Waals surface area (Å²) in [5.74, 6) is -1.53. The molecule has 0 aliphatic heterocycles.